The number of rotatable bonds is 6. The second kappa shape index (κ2) is 7.69. The Labute approximate surface area is 164 Å². The topological polar surface area (TPSA) is 86.4 Å². The van der Waals surface area contributed by atoms with Crippen molar-refractivity contribution in [2.45, 2.75) is 6.54 Å². The van der Waals surface area contributed by atoms with E-state index in [1.165, 1.54) is 13.2 Å². The lowest BCUT2D eigenvalue weighted by Crippen LogP contribution is -2.31. The van der Waals surface area contributed by atoms with Gasteiger partial charge < -0.3 is 14.5 Å². The van der Waals surface area contributed by atoms with Crippen LogP contribution in [0.1, 0.15) is 10.4 Å². The molecule has 0 aliphatic heterocycles. The van der Waals surface area contributed by atoms with E-state index in [9.17, 15) is 9.59 Å². The Hall–Kier alpha value is -3.39. The summed E-state index contributed by atoms with van der Waals surface area (Å²) in [6, 6.07) is 10.7. The molecule has 1 N–H and O–H groups in total. The zero-order valence-electron chi connectivity index (χ0n) is 15.0. The maximum Gasteiger partial charge on any atom is 0.349 e. The summed E-state index contributed by atoms with van der Waals surface area (Å²) in [5, 5.41) is 11.9. The van der Waals surface area contributed by atoms with Gasteiger partial charge in [-0.15, -0.1) is 0 Å². The first-order valence-electron chi connectivity index (χ1n) is 8.61. The molecule has 3 heterocycles. The highest BCUT2D eigenvalue weighted by Gasteiger charge is 2.15. The summed E-state index contributed by atoms with van der Waals surface area (Å²) < 4.78 is 12.2. The molecule has 0 aliphatic rings. The Morgan fingerprint density at radius 2 is 2.21 bits per heavy atom. The molecule has 4 aromatic rings. The first kappa shape index (κ1) is 18.0. The molecule has 0 aliphatic carbocycles. The van der Waals surface area contributed by atoms with Crippen LogP contribution >= 0.6 is 11.3 Å². The number of nitrogens with zero attached hydrogens (tertiary/aromatic N) is 2. The zero-order chi connectivity index (χ0) is 19.5. The summed E-state index contributed by atoms with van der Waals surface area (Å²) in [5.74, 6) is -0.0367. The van der Waals surface area contributed by atoms with Gasteiger partial charge >= 0.3 is 5.63 Å². The van der Waals surface area contributed by atoms with Crippen LogP contribution in [-0.4, -0.2) is 29.3 Å². The van der Waals surface area contributed by atoms with Crippen LogP contribution in [0.25, 0.3) is 22.2 Å². The predicted molar refractivity (Wildman–Crippen MR) is 107 cm³/mol. The highest BCUT2D eigenvalue weighted by atomic mass is 32.1. The van der Waals surface area contributed by atoms with Crippen molar-refractivity contribution in [2.24, 2.45) is 0 Å². The molecule has 0 spiro atoms. The number of para-hydroxylation sites is 1. The molecule has 8 heteroatoms. The number of benzene rings is 1. The van der Waals surface area contributed by atoms with Gasteiger partial charge in [0.05, 0.1) is 19.3 Å². The SMILES string of the molecule is COc1cccc2cc(C(=O)NCCn3ccc(-c4ccsc4)n3)c(=O)oc12. The van der Waals surface area contributed by atoms with Crippen LogP contribution in [-0.2, 0) is 6.54 Å². The van der Waals surface area contributed by atoms with E-state index in [1.807, 2.05) is 29.1 Å². The number of fused-ring (bicyclic) bond motifs is 1. The number of methoxy groups -OCH3 is 1. The van der Waals surface area contributed by atoms with Crippen LogP contribution in [0.15, 0.2) is 62.6 Å². The Bertz CT molecular complexity index is 1180. The molecule has 1 amide bonds. The third-order valence-electron chi connectivity index (χ3n) is 4.27. The number of hydrogen-bond acceptors (Lipinski definition) is 6. The highest BCUT2D eigenvalue weighted by molar-refractivity contribution is 7.08. The number of ether oxygens (including phenoxy) is 1. The van der Waals surface area contributed by atoms with Crippen LogP contribution in [0.3, 0.4) is 0 Å². The van der Waals surface area contributed by atoms with E-state index >= 15 is 0 Å². The van der Waals surface area contributed by atoms with Crippen LogP contribution in [0.4, 0.5) is 0 Å². The minimum Gasteiger partial charge on any atom is -0.493 e. The van der Waals surface area contributed by atoms with Gasteiger partial charge in [-0.1, -0.05) is 12.1 Å². The molecular weight excluding hydrogens is 378 g/mol. The second-order valence-corrected chi connectivity index (χ2v) is 6.84. The Morgan fingerprint density at radius 3 is 3.00 bits per heavy atom. The van der Waals surface area contributed by atoms with Gasteiger partial charge in [-0.25, -0.2) is 4.79 Å². The van der Waals surface area contributed by atoms with Crippen molar-refractivity contribution in [3.05, 3.63) is 69.3 Å². The van der Waals surface area contributed by atoms with E-state index in [0.717, 1.165) is 11.3 Å². The second-order valence-electron chi connectivity index (χ2n) is 6.06. The van der Waals surface area contributed by atoms with Gasteiger partial charge in [-0.3, -0.25) is 9.48 Å². The van der Waals surface area contributed by atoms with Crippen molar-refractivity contribution in [3.8, 4) is 17.0 Å². The monoisotopic (exact) mass is 395 g/mol. The molecule has 0 radical (unpaired) electrons. The molecule has 1 aromatic carbocycles. The van der Waals surface area contributed by atoms with Crippen molar-refractivity contribution < 1.29 is 13.9 Å². The third kappa shape index (κ3) is 3.54. The molecule has 0 unspecified atom stereocenters. The largest absolute Gasteiger partial charge is 0.493 e. The van der Waals surface area contributed by atoms with E-state index in [-0.39, 0.29) is 5.56 Å². The maximum absolute atomic E-state index is 12.4. The van der Waals surface area contributed by atoms with Crippen molar-refractivity contribution in [1.82, 2.24) is 15.1 Å². The predicted octanol–water partition coefficient (Wildman–Crippen LogP) is 3.16. The Kier molecular flexibility index (Phi) is 4.94. The van der Waals surface area contributed by atoms with Gasteiger partial charge in [0, 0.05) is 29.1 Å². The van der Waals surface area contributed by atoms with Crippen molar-refractivity contribution in [3.63, 3.8) is 0 Å². The van der Waals surface area contributed by atoms with Crippen LogP contribution in [0.2, 0.25) is 0 Å². The minimum absolute atomic E-state index is 0.0415. The van der Waals surface area contributed by atoms with Crippen molar-refractivity contribution >= 4 is 28.2 Å². The van der Waals surface area contributed by atoms with Crippen molar-refractivity contribution in [1.29, 1.82) is 0 Å². The quantitative estimate of drug-likeness (QED) is 0.507. The van der Waals surface area contributed by atoms with Crippen LogP contribution in [0.5, 0.6) is 5.75 Å². The van der Waals surface area contributed by atoms with Gasteiger partial charge in [0.1, 0.15) is 5.56 Å². The van der Waals surface area contributed by atoms with E-state index in [0.29, 0.717) is 29.8 Å². The number of hydrogen-bond donors (Lipinski definition) is 1. The van der Waals surface area contributed by atoms with E-state index < -0.39 is 11.5 Å². The summed E-state index contributed by atoms with van der Waals surface area (Å²) in [4.78, 5) is 24.6. The minimum atomic E-state index is -0.701. The van der Waals surface area contributed by atoms with Crippen molar-refractivity contribution in [2.75, 3.05) is 13.7 Å². The molecule has 4 rings (SSSR count). The molecule has 0 saturated carbocycles. The molecule has 3 aromatic heterocycles. The Morgan fingerprint density at radius 1 is 1.32 bits per heavy atom. The average molecular weight is 395 g/mol. The third-order valence-corrected chi connectivity index (χ3v) is 4.96. The molecule has 0 saturated heterocycles. The number of amides is 1. The fourth-order valence-electron chi connectivity index (χ4n) is 2.87. The first-order valence-corrected chi connectivity index (χ1v) is 9.55. The van der Waals surface area contributed by atoms with Gasteiger partial charge in [-0.05, 0) is 29.6 Å². The smallest absolute Gasteiger partial charge is 0.349 e. The molecule has 28 heavy (non-hydrogen) atoms. The van der Waals surface area contributed by atoms with Gasteiger partial charge in [-0.2, -0.15) is 16.4 Å². The lowest BCUT2D eigenvalue weighted by atomic mass is 10.1. The normalized spacial score (nSPS) is 10.9. The lowest BCUT2D eigenvalue weighted by molar-refractivity contribution is 0.0948. The highest BCUT2D eigenvalue weighted by Crippen LogP contribution is 2.24. The molecule has 0 fully saturated rings. The standard InChI is InChI=1S/C20H17N3O4S/c1-26-17-4-2-3-13-11-15(20(25)27-18(13)17)19(24)21-7-9-23-8-5-16(22-23)14-6-10-28-12-14/h2-6,8,10-12H,7,9H2,1H3,(H,21,24). The van der Waals surface area contributed by atoms with Gasteiger partial charge in [0.15, 0.2) is 11.3 Å². The fraction of sp³-hybridized carbons (Fsp3) is 0.150. The fourth-order valence-corrected chi connectivity index (χ4v) is 3.52. The van der Waals surface area contributed by atoms with E-state index in [4.69, 9.17) is 9.15 Å². The number of nitrogens with one attached hydrogen (secondary N) is 1. The molecule has 0 atom stereocenters. The number of thiophene rings is 1. The van der Waals surface area contributed by atoms with E-state index in [2.05, 4.69) is 10.4 Å². The Balaban J connectivity index is 1.44. The average Bonchev–Trinajstić information content (AvgIpc) is 3.38. The molecule has 7 nitrogen and oxygen atoms in total. The van der Waals surface area contributed by atoms with Gasteiger partial charge in [0.2, 0.25) is 0 Å². The van der Waals surface area contributed by atoms with Crippen LogP contribution in [0, 0.1) is 0 Å². The lowest BCUT2D eigenvalue weighted by Gasteiger charge is -2.07. The maximum atomic E-state index is 12.4. The first-order chi connectivity index (χ1) is 13.7. The van der Waals surface area contributed by atoms with E-state index in [1.54, 1.807) is 34.2 Å². The molecule has 0 bridgehead atoms. The summed E-state index contributed by atoms with van der Waals surface area (Å²) >= 11 is 1.61. The molecule has 142 valence electrons. The summed E-state index contributed by atoms with van der Waals surface area (Å²) in [7, 11) is 1.49. The summed E-state index contributed by atoms with van der Waals surface area (Å²) in [6.07, 6.45) is 1.86. The zero-order valence-corrected chi connectivity index (χ0v) is 15.9. The number of carbonyl (C=O) groups excluding carboxylic acids is 1. The summed E-state index contributed by atoms with van der Waals surface area (Å²) in [5.41, 5.74) is 1.53. The number of aromatic nitrogens is 2. The van der Waals surface area contributed by atoms with Crippen LogP contribution < -0.4 is 15.7 Å². The summed E-state index contributed by atoms with van der Waals surface area (Å²) in [6.45, 7) is 0.821. The van der Waals surface area contributed by atoms with Gasteiger partial charge in [0.25, 0.3) is 5.91 Å². The number of carbonyl (C=O) groups is 1. The molecular formula is C20H17N3O4S.